The molecule has 4 rings (SSSR count). The number of piperazine rings is 1. The van der Waals surface area contributed by atoms with Crippen LogP contribution in [0.3, 0.4) is 0 Å². The zero-order chi connectivity index (χ0) is 22.3. The molecule has 3 aromatic rings. The lowest BCUT2D eigenvalue weighted by Crippen LogP contribution is -2.48. The van der Waals surface area contributed by atoms with E-state index in [0.29, 0.717) is 38.2 Å². The Morgan fingerprint density at radius 1 is 1.03 bits per heavy atom. The highest BCUT2D eigenvalue weighted by Crippen LogP contribution is 2.21. The number of benzene rings is 1. The van der Waals surface area contributed by atoms with Crippen LogP contribution in [0.2, 0.25) is 0 Å². The van der Waals surface area contributed by atoms with Crippen LogP contribution in [0.15, 0.2) is 65.7 Å². The Morgan fingerprint density at radius 3 is 2.50 bits per heavy atom. The number of aromatic nitrogens is 3. The second kappa shape index (κ2) is 10.1. The van der Waals surface area contributed by atoms with E-state index in [1.807, 2.05) is 41.3 Å². The van der Waals surface area contributed by atoms with Crippen LogP contribution in [0.25, 0.3) is 11.3 Å². The minimum absolute atomic E-state index is 0.121. The number of anilines is 1. The normalized spacial score (nSPS) is 13.8. The van der Waals surface area contributed by atoms with E-state index in [1.54, 1.807) is 25.6 Å². The van der Waals surface area contributed by atoms with E-state index >= 15 is 0 Å². The number of hydrogen-bond donors (Lipinski definition) is 0. The van der Waals surface area contributed by atoms with Crippen LogP contribution in [0.4, 0.5) is 5.69 Å². The van der Waals surface area contributed by atoms with Gasteiger partial charge in [-0.2, -0.15) is 5.10 Å². The fourth-order valence-corrected chi connectivity index (χ4v) is 3.82. The number of methoxy groups -OCH3 is 1. The maximum Gasteiger partial charge on any atom is 0.266 e. The minimum Gasteiger partial charge on any atom is -0.497 e. The summed E-state index contributed by atoms with van der Waals surface area (Å²) in [6.45, 7) is 3.39. The van der Waals surface area contributed by atoms with Crippen molar-refractivity contribution in [1.82, 2.24) is 19.7 Å². The number of ether oxygens (including phenoxy) is 1. The molecule has 166 valence electrons. The van der Waals surface area contributed by atoms with Crippen molar-refractivity contribution in [2.75, 3.05) is 38.2 Å². The van der Waals surface area contributed by atoms with E-state index in [4.69, 9.17) is 4.74 Å². The number of carbonyl (C=O) groups excluding carboxylic acids is 1. The maximum absolute atomic E-state index is 12.7. The highest BCUT2D eigenvalue weighted by Gasteiger charge is 2.21. The Bertz CT molecular complexity index is 1090. The van der Waals surface area contributed by atoms with E-state index in [1.165, 1.54) is 10.7 Å². The molecule has 1 amide bonds. The minimum atomic E-state index is -0.168. The van der Waals surface area contributed by atoms with Crippen molar-refractivity contribution in [1.29, 1.82) is 0 Å². The topological polar surface area (TPSA) is 80.6 Å². The lowest BCUT2D eigenvalue weighted by Gasteiger charge is -2.36. The molecule has 2 aromatic heterocycles. The molecular weight excluding hydrogens is 406 g/mol. The molecule has 0 aliphatic carbocycles. The summed E-state index contributed by atoms with van der Waals surface area (Å²) in [4.78, 5) is 33.1. The number of nitrogens with zero attached hydrogens (tertiary/aromatic N) is 5. The van der Waals surface area contributed by atoms with E-state index in [9.17, 15) is 9.59 Å². The number of amides is 1. The van der Waals surface area contributed by atoms with Crippen molar-refractivity contribution in [2.24, 2.45) is 0 Å². The molecule has 8 nitrogen and oxygen atoms in total. The van der Waals surface area contributed by atoms with Gasteiger partial charge in [-0.1, -0.05) is 0 Å². The van der Waals surface area contributed by atoms with Crippen molar-refractivity contribution in [3.63, 3.8) is 0 Å². The van der Waals surface area contributed by atoms with Gasteiger partial charge in [0.05, 0.1) is 12.8 Å². The first-order chi connectivity index (χ1) is 15.6. The molecule has 0 atom stereocenters. The Hall–Kier alpha value is -3.68. The molecule has 0 saturated carbocycles. The Balaban J connectivity index is 1.27. The monoisotopic (exact) mass is 433 g/mol. The van der Waals surface area contributed by atoms with Crippen molar-refractivity contribution >= 4 is 11.6 Å². The van der Waals surface area contributed by atoms with Gasteiger partial charge < -0.3 is 14.5 Å². The van der Waals surface area contributed by atoms with Crippen LogP contribution in [0.5, 0.6) is 5.75 Å². The van der Waals surface area contributed by atoms with Gasteiger partial charge in [0, 0.05) is 68.9 Å². The van der Waals surface area contributed by atoms with Gasteiger partial charge >= 0.3 is 0 Å². The van der Waals surface area contributed by atoms with Gasteiger partial charge in [-0.3, -0.25) is 14.6 Å². The lowest BCUT2D eigenvalue weighted by molar-refractivity contribution is -0.131. The van der Waals surface area contributed by atoms with Crippen molar-refractivity contribution in [3.8, 4) is 17.0 Å². The zero-order valence-corrected chi connectivity index (χ0v) is 18.2. The van der Waals surface area contributed by atoms with Gasteiger partial charge in [0.15, 0.2) is 0 Å². The molecule has 1 aliphatic heterocycles. The van der Waals surface area contributed by atoms with Crippen molar-refractivity contribution in [2.45, 2.75) is 19.4 Å². The summed E-state index contributed by atoms with van der Waals surface area (Å²) in [7, 11) is 1.66. The van der Waals surface area contributed by atoms with Crippen LogP contribution < -0.4 is 15.2 Å². The molecule has 1 fully saturated rings. The van der Waals surface area contributed by atoms with Gasteiger partial charge in [0.25, 0.3) is 5.56 Å². The summed E-state index contributed by atoms with van der Waals surface area (Å²) in [6.07, 6.45) is 4.38. The quantitative estimate of drug-likeness (QED) is 0.569. The third kappa shape index (κ3) is 5.14. The predicted molar refractivity (Wildman–Crippen MR) is 123 cm³/mol. The molecule has 0 bridgehead atoms. The van der Waals surface area contributed by atoms with Crippen molar-refractivity contribution < 1.29 is 9.53 Å². The summed E-state index contributed by atoms with van der Waals surface area (Å²) in [6, 6.07) is 14.9. The molecule has 0 N–H and O–H groups in total. The Labute approximate surface area is 187 Å². The van der Waals surface area contributed by atoms with Gasteiger partial charge in [0.1, 0.15) is 5.75 Å². The second-order valence-electron chi connectivity index (χ2n) is 7.69. The van der Waals surface area contributed by atoms with Crippen molar-refractivity contribution in [3.05, 3.63) is 71.3 Å². The predicted octanol–water partition coefficient (Wildman–Crippen LogP) is 2.44. The third-order valence-corrected chi connectivity index (χ3v) is 5.65. The van der Waals surface area contributed by atoms with E-state index in [2.05, 4.69) is 15.0 Å². The van der Waals surface area contributed by atoms with Crippen LogP contribution in [-0.4, -0.2) is 58.9 Å². The number of carbonyl (C=O) groups is 1. The molecular formula is C24H27N5O3. The third-order valence-electron chi connectivity index (χ3n) is 5.65. The van der Waals surface area contributed by atoms with Gasteiger partial charge in [0.2, 0.25) is 5.91 Å². The summed E-state index contributed by atoms with van der Waals surface area (Å²) >= 11 is 0. The molecule has 0 unspecified atom stereocenters. The van der Waals surface area contributed by atoms with E-state index < -0.39 is 0 Å². The highest BCUT2D eigenvalue weighted by atomic mass is 16.5. The number of hydrogen-bond acceptors (Lipinski definition) is 6. The SMILES string of the molecule is COc1ccc(N2CCN(C(=O)CCCn3nc(-c4cccnc4)ccc3=O)CC2)cc1. The van der Waals surface area contributed by atoms with E-state index in [0.717, 1.165) is 30.1 Å². The molecule has 1 aromatic carbocycles. The number of rotatable bonds is 7. The summed E-state index contributed by atoms with van der Waals surface area (Å²) in [5.41, 5.74) is 2.51. The number of pyridine rings is 1. The fraction of sp³-hybridized carbons (Fsp3) is 0.333. The first kappa shape index (κ1) is 21.5. The van der Waals surface area contributed by atoms with E-state index in [-0.39, 0.29) is 11.5 Å². The van der Waals surface area contributed by atoms with Crippen LogP contribution in [-0.2, 0) is 11.3 Å². The van der Waals surface area contributed by atoms with Crippen LogP contribution in [0, 0.1) is 0 Å². The van der Waals surface area contributed by atoms with Gasteiger partial charge in [-0.05, 0) is 48.9 Å². The molecule has 1 aliphatic rings. The second-order valence-corrected chi connectivity index (χ2v) is 7.69. The standard InChI is InChI=1S/C24H27N5O3/c1-32-21-8-6-20(7-9-21)27-14-16-28(17-15-27)23(30)5-3-13-29-24(31)11-10-22(26-29)19-4-2-12-25-18-19/h2,4,6-12,18H,3,5,13-17H2,1H3. The average Bonchev–Trinajstić information content (AvgIpc) is 2.86. The first-order valence-electron chi connectivity index (χ1n) is 10.8. The highest BCUT2D eigenvalue weighted by molar-refractivity contribution is 5.76. The fourth-order valence-electron chi connectivity index (χ4n) is 3.82. The number of aryl methyl sites for hydroxylation is 1. The Kier molecular flexibility index (Phi) is 6.79. The summed E-state index contributed by atoms with van der Waals surface area (Å²) in [5, 5.41) is 4.43. The Morgan fingerprint density at radius 2 is 1.81 bits per heavy atom. The zero-order valence-electron chi connectivity index (χ0n) is 18.2. The maximum atomic E-state index is 12.7. The van der Waals surface area contributed by atoms with Crippen LogP contribution in [0.1, 0.15) is 12.8 Å². The average molecular weight is 434 g/mol. The molecule has 1 saturated heterocycles. The molecule has 8 heteroatoms. The molecule has 0 spiro atoms. The van der Waals surface area contributed by atoms with Gasteiger partial charge in [-0.25, -0.2) is 4.68 Å². The smallest absolute Gasteiger partial charge is 0.266 e. The lowest BCUT2D eigenvalue weighted by atomic mass is 10.2. The molecule has 3 heterocycles. The molecule has 0 radical (unpaired) electrons. The largest absolute Gasteiger partial charge is 0.497 e. The first-order valence-corrected chi connectivity index (χ1v) is 10.8. The summed E-state index contributed by atoms with van der Waals surface area (Å²) in [5.74, 6) is 0.956. The van der Waals surface area contributed by atoms with Gasteiger partial charge in [-0.15, -0.1) is 0 Å². The molecule has 32 heavy (non-hydrogen) atoms. The summed E-state index contributed by atoms with van der Waals surface area (Å²) < 4.78 is 6.64. The van der Waals surface area contributed by atoms with Crippen LogP contribution >= 0.6 is 0 Å².